The third-order valence-electron chi connectivity index (χ3n) is 2.62. The Hall–Kier alpha value is -1.31. The van der Waals surface area contributed by atoms with E-state index in [9.17, 15) is 22.8 Å². The molecule has 0 saturated carbocycles. The van der Waals surface area contributed by atoms with Crippen LogP contribution in [0.4, 0.5) is 13.2 Å². The largest absolute Gasteiger partial charge is 0.405 e. The van der Waals surface area contributed by atoms with Crippen molar-refractivity contribution in [2.75, 3.05) is 33.2 Å². The summed E-state index contributed by atoms with van der Waals surface area (Å²) in [5.74, 6) is -0.781. The number of hydrogen-bond acceptors (Lipinski definition) is 3. The van der Waals surface area contributed by atoms with Gasteiger partial charge < -0.3 is 15.5 Å². The smallest absolute Gasteiger partial charge is 0.345 e. The van der Waals surface area contributed by atoms with Gasteiger partial charge in [0.2, 0.25) is 11.8 Å². The third kappa shape index (κ3) is 5.35. The van der Waals surface area contributed by atoms with Crippen LogP contribution >= 0.6 is 0 Å². The predicted octanol–water partition coefficient (Wildman–Crippen LogP) is -0.267. The van der Waals surface area contributed by atoms with Gasteiger partial charge in [-0.25, -0.2) is 0 Å². The molecule has 8 heteroatoms. The topological polar surface area (TPSA) is 61.4 Å². The quantitative estimate of drug-likeness (QED) is 0.721. The Labute approximate surface area is 103 Å². The van der Waals surface area contributed by atoms with Gasteiger partial charge in [-0.15, -0.1) is 0 Å². The summed E-state index contributed by atoms with van der Waals surface area (Å²) in [6.45, 7) is -0.199. The van der Waals surface area contributed by atoms with E-state index in [0.717, 1.165) is 18.0 Å². The van der Waals surface area contributed by atoms with Gasteiger partial charge in [-0.3, -0.25) is 9.59 Å². The number of rotatable bonds is 5. The van der Waals surface area contributed by atoms with Crippen LogP contribution in [0.3, 0.4) is 0 Å². The monoisotopic (exact) mass is 267 g/mol. The number of likely N-dealkylation sites (N-methyl/N-ethyl adjacent to an activating group) is 1. The van der Waals surface area contributed by atoms with E-state index in [4.69, 9.17) is 0 Å². The molecule has 2 amide bonds. The summed E-state index contributed by atoms with van der Waals surface area (Å²) < 4.78 is 35.5. The van der Waals surface area contributed by atoms with Gasteiger partial charge in [0.1, 0.15) is 6.54 Å². The van der Waals surface area contributed by atoms with E-state index < -0.39 is 18.6 Å². The molecule has 0 atom stereocenters. The zero-order valence-corrected chi connectivity index (χ0v) is 10.0. The highest BCUT2D eigenvalue weighted by molar-refractivity contribution is 5.84. The van der Waals surface area contributed by atoms with Crippen molar-refractivity contribution >= 4 is 11.8 Å². The maximum Gasteiger partial charge on any atom is 0.405 e. The number of alkyl halides is 3. The number of nitrogens with zero attached hydrogens (tertiary/aromatic N) is 1. The van der Waals surface area contributed by atoms with E-state index >= 15 is 0 Å². The van der Waals surface area contributed by atoms with Crippen LogP contribution in [0.1, 0.15) is 6.42 Å². The fourth-order valence-electron chi connectivity index (χ4n) is 1.45. The van der Waals surface area contributed by atoms with Gasteiger partial charge in [-0.2, -0.15) is 13.2 Å². The van der Waals surface area contributed by atoms with E-state index in [0.29, 0.717) is 6.42 Å². The second kappa shape index (κ2) is 6.03. The molecule has 0 radical (unpaired) electrons. The van der Waals surface area contributed by atoms with Crippen molar-refractivity contribution < 1.29 is 22.8 Å². The van der Waals surface area contributed by atoms with Crippen LogP contribution in [0.15, 0.2) is 0 Å². The van der Waals surface area contributed by atoms with Gasteiger partial charge in [0.05, 0.1) is 6.54 Å². The number of nitrogens with one attached hydrogen (secondary N) is 2. The lowest BCUT2D eigenvalue weighted by molar-refractivity contribution is -0.142. The lowest BCUT2D eigenvalue weighted by Crippen LogP contribution is -2.46. The molecular weight excluding hydrogens is 251 g/mol. The standard InChI is InChI=1S/C10H16F3N3O2/c1-16(9(18)2-7-3-14-4-7)5-8(17)15-6-10(11,12)13/h7,14H,2-6H2,1H3,(H,15,17). The highest BCUT2D eigenvalue weighted by Crippen LogP contribution is 2.12. The summed E-state index contributed by atoms with van der Waals surface area (Å²) in [5.41, 5.74) is 0. The molecule has 1 saturated heterocycles. The Bertz CT molecular complexity index is 316. The van der Waals surface area contributed by atoms with E-state index in [1.807, 2.05) is 0 Å². The van der Waals surface area contributed by atoms with Gasteiger partial charge in [-0.05, 0) is 19.0 Å². The first-order valence-electron chi connectivity index (χ1n) is 5.56. The Morgan fingerprint density at radius 2 is 2.00 bits per heavy atom. The average Bonchev–Trinajstić information content (AvgIpc) is 2.19. The molecule has 5 nitrogen and oxygen atoms in total. The number of halogens is 3. The number of carbonyl (C=O) groups excluding carboxylic acids is 2. The van der Waals surface area contributed by atoms with E-state index in [1.54, 1.807) is 5.32 Å². The predicted molar refractivity (Wildman–Crippen MR) is 57.7 cm³/mol. The fourth-order valence-corrected chi connectivity index (χ4v) is 1.45. The van der Waals surface area contributed by atoms with Gasteiger partial charge in [-0.1, -0.05) is 0 Å². The number of hydrogen-bond donors (Lipinski definition) is 2. The Morgan fingerprint density at radius 1 is 1.39 bits per heavy atom. The normalized spacial score (nSPS) is 16.0. The summed E-state index contributed by atoms with van der Waals surface area (Å²) >= 11 is 0. The molecule has 0 spiro atoms. The first kappa shape index (κ1) is 14.7. The number of carbonyl (C=O) groups is 2. The molecule has 1 aliphatic rings. The third-order valence-corrected chi connectivity index (χ3v) is 2.62. The minimum Gasteiger partial charge on any atom is -0.345 e. The van der Waals surface area contributed by atoms with Gasteiger partial charge in [0.15, 0.2) is 0 Å². The molecular formula is C10H16F3N3O2. The van der Waals surface area contributed by atoms with Crippen molar-refractivity contribution in [3.8, 4) is 0 Å². The zero-order valence-electron chi connectivity index (χ0n) is 10.0. The molecule has 104 valence electrons. The minimum atomic E-state index is -4.43. The molecule has 0 aromatic carbocycles. The minimum absolute atomic E-state index is 0.233. The van der Waals surface area contributed by atoms with Crippen molar-refractivity contribution in [3.05, 3.63) is 0 Å². The highest BCUT2D eigenvalue weighted by atomic mass is 19.4. The lowest BCUT2D eigenvalue weighted by Gasteiger charge is -2.28. The van der Waals surface area contributed by atoms with E-state index in [2.05, 4.69) is 5.32 Å². The molecule has 0 unspecified atom stereocenters. The molecule has 0 aliphatic carbocycles. The summed E-state index contributed by atoms with van der Waals surface area (Å²) in [4.78, 5) is 23.9. The second-order valence-electron chi connectivity index (χ2n) is 4.37. The maximum atomic E-state index is 11.8. The summed E-state index contributed by atoms with van der Waals surface area (Å²) in [5, 5.41) is 4.73. The molecule has 2 N–H and O–H groups in total. The SMILES string of the molecule is CN(CC(=O)NCC(F)(F)F)C(=O)CC1CNC1. The summed E-state index contributed by atoms with van der Waals surface area (Å²) in [6, 6.07) is 0. The van der Waals surface area contributed by atoms with Crippen LogP contribution < -0.4 is 10.6 Å². The molecule has 1 heterocycles. The van der Waals surface area contributed by atoms with Gasteiger partial charge in [0, 0.05) is 13.5 Å². The number of amides is 2. The van der Waals surface area contributed by atoms with Crippen molar-refractivity contribution in [3.63, 3.8) is 0 Å². The molecule has 1 fully saturated rings. The van der Waals surface area contributed by atoms with Crippen LogP contribution in [-0.4, -0.2) is 56.1 Å². The fraction of sp³-hybridized carbons (Fsp3) is 0.800. The first-order valence-corrected chi connectivity index (χ1v) is 5.56. The van der Waals surface area contributed by atoms with Crippen LogP contribution in [0.5, 0.6) is 0 Å². The van der Waals surface area contributed by atoms with Crippen LogP contribution in [0, 0.1) is 5.92 Å². The average molecular weight is 267 g/mol. The van der Waals surface area contributed by atoms with Crippen LogP contribution in [0.2, 0.25) is 0 Å². The Kier molecular flexibility index (Phi) is 4.94. The molecule has 0 aromatic rings. The maximum absolute atomic E-state index is 11.8. The van der Waals surface area contributed by atoms with Crippen LogP contribution in [-0.2, 0) is 9.59 Å². The van der Waals surface area contributed by atoms with E-state index in [1.165, 1.54) is 7.05 Å². The highest BCUT2D eigenvalue weighted by Gasteiger charge is 2.28. The van der Waals surface area contributed by atoms with Crippen molar-refractivity contribution in [2.45, 2.75) is 12.6 Å². The summed E-state index contributed by atoms with van der Waals surface area (Å²) in [6.07, 6.45) is -4.12. The molecule has 18 heavy (non-hydrogen) atoms. The van der Waals surface area contributed by atoms with Gasteiger partial charge in [0.25, 0.3) is 0 Å². The Balaban J connectivity index is 2.23. The molecule has 0 bridgehead atoms. The molecule has 0 aromatic heterocycles. The summed E-state index contributed by atoms with van der Waals surface area (Å²) in [7, 11) is 1.40. The second-order valence-corrected chi connectivity index (χ2v) is 4.37. The lowest BCUT2D eigenvalue weighted by atomic mass is 9.99. The first-order chi connectivity index (χ1) is 8.28. The zero-order chi connectivity index (χ0) is 13.8. The molecule has 1 rings (SSSR count). The molecule has 1 aliphatic heterocycles. The van der Waals surface area contributed by atoms with Gasteiger partial charge >= 0.3 is 6.18 Å². The van der Waals surface area contributed by atoms with Crippen molar-refractivity contribution in [2.24, 2.45) is 5.92 Å². The van der Waals surface area contributed by atoms with Crippen molar-refractivity contribution in [1.82, 2.24) is 15.5 Å². The van der Waals surface area contributed by atoms with E-state index in [-0.39, 0.29) is 18.4 Å². The van der Waals surface area contributed by atoms with Crippen LogP contribution in [0.25, 0.3) is 0 Å². The van der Waals surface area contributed by atoms with Crippen molar-refractivity contribution in [1.29, 1.82) is 0 Å². The Morgan fingerprint density at radius 3 is 2.44 bits per heavy atom.